The third-order valence-electron chi connectivity index (χ3n) is 3.41. The van der Waals surface area contributed by atoms with Crippen molar-refractivity contribution < 1.29 is 23.9 Å². The van der Waals surface area contributed by atoms with Crippen LogP contribution in [0, 0.1) is 0 Å². The molecular formula is C16H20N2O5. The quantitative estimate of drug-likeness (QED) is 0.751. The molecule has 0 radical (unpaired) electrons. The lowest BCUT2D eigenvalue weighted by Crippen LogP contribution is -2.56. The van der Waals surface area contributed by atoms with Gasteiger partial charge < -0.3 is 19.7 Å². The Morgan fingerprint density at radius 2 is 2.09 bits per heavy atom. The summed E-state index contributed by atoms with van der Waals surface area (Å²) < 4.78 is 9.93. The first-order chi connectivity index (χ1) is 11.1. The molecule has 1 atom stereocenters. The molecule has 1 N–H and O–H groups in total. The minimum absolute atomic E-state index is 0.0471. The molecule has 23 heavy (non-hydrogen) atoms. The number of morpholine rings is 1. The first kappa shape index (κ1) is 17.0. The van der Waals surface area contributed by atoms with Gasteiger partial charge in [-0.05, 0) is 12.5 Å². The van der Waals surface area contributed by atoms with Gasteiger partial charge in [-0.2, -0.15) is 0 Å². The summed E-state index contributed by atoms with van der Waals surface area (Å²) in [5, 5.41) is 2.49. The summed E-state index contributed by atoms with van der Waals surface area (Å²) in [6, 6.07) is 8.64. The topological polar surface area (TPSA) is 84.9 Å². The average molecular weight is 320 g/mol. The van der Waals surface area contributed by atoms with Gasteiger partial charge in [0.15, 0.2) is 0 Å². The van der Waals surface area contributed by atoms with Crippen molar-refractivity contribution in [3.63, 3.8) is 0 Å². The second-order valence-electron chi connectivity index (χ2n) is 5.06. The Hall–Kier alpha value is -2.41. The van der Waals surface area contributed by atoms with E-state index in [4.69, 9.17) is 9.47 Å². The van der Waals surface area contributed by atoms with Crippen molar-refractivity contribution in [3.05, 3.63) is 35.9 Å². The predicted octanol–water partition coefficient (Wildman–Crippen LogP) is 0.0933. The van der Waals surface area contributed by atoms with Gasteiger partial charge >= 0.3 is 5.97 Å². The first-order valence-corrected chi connectivity index (χ1v) is 7.46. The van der Waals surface area contributed by atoms with Gasteiger partial charge in [-0.15, -0.1) is 0 Å². The Kier molecular flexibility index (Phi) is 6.10. The van der Waals surface area contributed by atoms with Crippen LogP contribution in [0.5, 0.6) is 0 Å². The maximum Gasteiger partial charge on any atom is 0.325 e. The van der Waals surface area contributed by atoms with E-state index in [1.807, 2.05) is 30.3 Å². The molecule has 0 spiro atoms. The van der Waals surface area contributed by atoms with Crippen LogP contribution >= 0.6 is 0 Å². The molecule has 0 bridgehead atoms. The summed E-state index contributed by atoms with van der Waals surface area (Å²) in [6.07, 6.45) is 0. The number of ether oxygens (including phenoxy) is 2. The maximum atomic E-state index is 12.3. The Balaban J connectivity index is 2.00. The lowest BCUT2D eigenvalue weighted by molar-refractivity contribution is -0.156. The number of hydrogen-bond acceptors (Lipinski definition) is 5. The Morgan fingerprint density at radius 1 is 1.35 bits per heavy atom. The van der Waals surface area contributed by atoms with E-state index in [-0.39, 0.29) is 32.3 Å². The van der Waals surface area contributed by atoms with Crippen molar-refractivity contribution in [2.45, 2.75) is 19.5 Å². The molecule has 1 fully saturated rings. The first-order valence-electron chi connectivity index (χ1n) is 7.46. The molecule has 1 aliphatic heterocycles. The van der Waals surface area contributed by atoms with E-state index in [0.717, 1.165) is 5.56 Å². The SMILES string of the molecule is CCOC(=O)CNC(=O)[C@@H]1COCC(=O)N1Cc1ccccc1. The second-order valence-corrected chi connectivity index (χ2v) is 5.06. The van der Waals surface area contributed by atoms with Crippen molar-refractivity contribution in [2.75, 3.05) is 26.4 Å². The van der Waals surface area contributed by atoms with Crippen LogP contribution in [-0.2, 0) is 30.4 Å². The zero-order chi connectivity index (χ0) is 16.7. The summed E-state index contributed by atoms with van der Waals surface area (Å²) in [7, 11) is 0. The molecule has 7 nitrogen and oxygen atoms in total. The summed E-state index contributed by atoms with van der Waals surface area (Å²) in [4.78, 5) is 37.1. The van der Waals surface area contributed by atoms with E-state index in [2.05, 4.69) is 5.32 Å². The second kappa shape index (κ2) is 8.28. The van der Waals surface area contributed by atoms with Gasteiger partial charge in [0.2, 0.25) is 11.8 Å². The molecule has 0 saturated carbocycles. The van der Waals surface area contributed by atoms with Crippen LogP contribution in [0.3, 0.4) is 0 Å². The van der Waals surface area contributed by atoms with E-state index in [1.54, 1.807) is 6.92 Å². The summed E-state index contributed by atoms with van der Waals surface area (Å²) >= 11 is 0. The van der Waals surface area contributed by atoms with Gasteiger partial charge in [0.25, 0.3) is 0 Å². The Labute approximate surface area is 134 Å². The number of esters is 1. The fraction of sp³-hybridized carbons (Fsp3) is 0.438. The Bertz CT molecular complexity index is 561. The number of hydrogen-bond donors (Lipinski definition) is 1. The number of rotatable bonds is 6. The molecule has 2 rings (SSSR count). The summed E-state index contributed by atoms with van der Waals surface area (Å²) in [6.45, 7) is 2.09. The van der Waals surface area contributed by atoms with Gasteiger partial charge in [-0.3, -0.25) is 14.4 Å². The normalized spacial score (nSPS) is 17.7. The smallest absolute Gasteiger partial charge is 0.325 e. The van der Waals surface area contributed by atoms with E-state index in [1.165, 1.54) is 4.90 Å². The van der Waals surface area contributed by atoms with E-state index in [0.29, 0.717) is 6.54 Å². The van der Waals surface area contributed by atoms with Crippen LogP contribution < -0.4 is 5.32 Å². The molecule has 1 aromatic rings. The molecule has 1 saturated heterocycles. The molecular weight excluding hydrogens is 300 g/mol. The highest BCUT2D eigenvalue weighted by molar-refractivity contribution is 5.90. The maximum absolute atomic E-state index is 12.3. The van der Waals surface area contributed by atoms with Crippen LogP contribution in [0.15, 0.2) is 30.3 Å². The highest BCUT2D eigenvalue weighted by atomic mass is 16.5. The molecule has 124 valence electrons. The van der Waals surface area contributed by atoms with Gasteiger partial charge in [0, 0.05) is 6.54 Å². The van der Waals surface area contributed by atoms with E-state index >= 15 is 0 Å². The monoisotopic (exact) mass is 320 g/mol. The zero-order valence-electron chi connectivity index (χ0n) is 13.0. The van der Waals surface area contributed by atoms with Crippen molar-refractivity contribution in [2.24, 2.45) is 0 Å². The van der Waals surface area contributed by atoms with Crippen molar-refractivity contribution >= 4 is 17.8 Å². The molecule has 1 heterocycles. The third kappa shape index (κ3) is 4.79. The largest absolute Gasteiger partial charge is 0.465 e. The molecule has 7 heteroatoms. The van der Waals surface area contributed by atoms with Crippen molar-refractivity contribution in [3.8, 4) is 0 Å². The summed E-state index contributed by atoms with van der Waals surface area (Å²) in [5.74, 6) is -1.20. The van der Waals surface area contributed by atoms with E-state index < -0.39 is 17.9 Å². The number of benzene rings is 1. The van der Waals surface area contributed by atoms with Gasteiger partial charge in [0.05, 0.1) is 13.2 Å². The van der Waals surface area contributed by atoms with Crippen LogP contribution in [0.25, 0.3) is 0 Å². The minimum atomic E-state index is -0.758. The van der Waals surface area contributed by atoms with Crippen molar-refractivity contribution in [1.82, 2.24) is 10.2 Å². The van der Waals surface area contributed by atoms with Crippen LogP contribution in [0.2, 0.25) is 0 Å². The van der Waals surface area contributed by atoms with Gasteiger partial charge in [-0.1, -0.05) is 30.3 Å². The lowest BCUT2D eigenvalue weighted by atomic mass is 10.1. The highest BCUT2D eigenvalue weighted by Gasteiger charge is 2.34. The number of nitrogens with one attached hydrogen (secondary N) is 1. The highest BCUT2D eigenvalue weighted by Crippen LogP contribution is 2.13. The number of carbonyl (C=O) groups is 3. The van der Waals surface area contributed by atoms with Crippen LogP contribution in [0.4, 0.5) is 0 Å². The molecule has 1 aliphatic rings. The molecule has 2 amide bonds. The zero-order valence-corrected chi connectivity index (χ0v) is 13.0. The number of carbonyl (C=O) groups excluding carboxylic acids is 3. The molecule has 0 aliphatic carbocycles. The van der Waals surface area contributed by atoms with Crippen molar-refractivity contribution in [1.29, 1.82) is 0 Å². The average Bonchev–Trinajstić information content (AvgIpc) is 2.56. The predicted molar refractivity (Wildman–Crippen MR) is 81.2 cm³/mol. The lowest BCUT2D eigenvalue weighted by Gasteiger charge is -2.34. The van der Waals surface area contributed by atoms with E-state index in [9.17, 15) is 14.4 Å². The van der Waals surface area contributed by atoms with Crippen LogP contribution in [-0.4, -0.2) is 55.1 Å². The number of nitrogens with zero attached hydrogens (tertiary/aromatic N) is 1. The minimum Gasteiger partial charge on any atom is -0.465 e. The van der Waals surface area contributed by atoms with Gasteiger partial charge in [-0.25, -0.2) is 0 Å². The molecule has 1 aromatic carbocycles. The van der Waals surface area contributed by atoms with Crippen LogP contribution in [0.1, 0.15) is 12.5 Å². The third-order valence-corrected chi connectivity index (χ3v) is 3.41. The standard InChI is InChI=1S/C16H20N2O5/c1-2-23-15(20)8-17-16(21)13-10-22-11-14(19)18(13)9-12-6-4-3-5-7-12/h3-7,13H,2,8-11H2,1H3,(H,17,21)/t13-/m0/s1. The number of amides is 2. The molecule has 0 unspecified atom stereocenters. The fourth-order valence-corrected chi connectivity index (χ4v) is 2.29. The molecule has 0 aromatic heterocycles. The fourth-order valence-electron chi connectivity index (χ4n) is 2.29. The van der Waals surface area contributed by atoms with Gasteiger partial charge in [0.1, 0.15) is 19.2 Å². The summed E-state index contributed by atoms with van der Waals surface area (Å²) in [5.41, 5.74) is 0.922. The Morgan fingerprint density at radius 3 is 2.78 bits per heavy atom.